The summed E-state index contributed by atoms with van der Waals surface area (Å²) in [5.41, 5.74) is 1.44. The van der Waals surface area contributed by atoms with E-state index in [-0.39, 0.29) is 17.8 Å². The number of aromatic nitrogens is 5. The molecule has 0 saturated heterocycles. The first-order valence-electron chi connectivity index (χ1n) is 9.70. The van der Waals surface area contributed by atoms with Crippen LogP contribution in [-0.2, 0) is 13.6 Å². The Hall–Kier alpha value is -3.50. The van der Waals surface area contributed by atoms with Crippen molar-refractivity contribution < 1.29 is 18.3 Å². The van der Waals surface area contributed by atoms with Crippen LogP contribution in [0.5, 0.6) is 11.6 Å². The first-order valence-corrected chi connectivity index (χ1v) is 9.70. The van der Waals surface area contributed by atoms with Gasteiger partial charge in [-0.15, -0.1) is 5.10 Å². The molecular formula is C20H22F2N6O3. The number of alkyl halides is 2. The molecule has 1 fully saturated rings. The second-order valence-corrected chi connectivity index (χ2v) is 7.32. The number of nitrogens with one attached hydrogen (secondary N) is 1. The summed E-state index contributed by atoms with van der Waals surface area (Å²) in [4.78, 5) is 16.7. The van der Waals surface area contributed by atoms with Gasteiger partial charge in [-0.1, -0.05) is 0 Å². The van der Waals surface area contributed by atoms with Gasteiger partial charge in [-0.25, -0.2) is 9.36 Å². The monoisotopic (exact) mass is 432 g/mol. The second-order valence-electron chi connectivity index (χ2n) is 7.32. The van der Waals surface area contributed by atoms with Gasteiger partial charge in [-0.3, -0.25) is 9.78 Å². The van der Waals surface area contributed by atoms with Gasteiger partial charge in [0.05, 0.1) is 26.1 Å². The van der Waals surface area contributed by atoms with Crippen molar-refractivity contribution in [3.05, 3.63) is 58.4 Å². The number of methoxy groups -OCH3 is 1. The van der Waals surface area contributed by atoms with Gasteiger partial charge in [0.2, 0.25) is 5.88 Å². The minimum absolute atomic E-state index is 0.166. The van der Waals surface area contributed by atoms with E-state index in [1.54, 1.807) is 13.3 Å². The first kappa shape index (κ1) is 20.8. The maximum absolute atomic E-state index is 12.6. The Kier molecular flexibility index (Phi) is 5.83. The summed E-state index contributed by atoms with van der Waals surface area (Å²) in [5.74, 6) is 1.66. The molecule has 4 rings (SSSR count). The summed E-state index contributed by atoms with van der Waals surface area (Å²) in [7, 11) is 3.13. The van der Waals surface area contributed by atoms with Gasteiger partial charge in [0, 0.05) is 48.9 Å². The van der Waals surface area contributed by atoms with E-state index in [1.165, 1.54) is 30.2 Å². The Balaban J connectivity index is 1.35. The lowest BCUT2D eigenvalue weighted by atomic mass is 10.2. The zero-order valence-corrected chi connectivity index (χ0v) is 17.0. The van der Waals surface area contributed by atoms with Gasteiger partial charge < -0.3 is 14.8 Å². The maximum Gasteiger partial charge on any atom is 0.333 e. The summed E-state index contributed by atoms with van der Waals surface area (Å²) in [5, 5.41) is 10.6. The van der Waals surface area contributed by atoms with E-state index in [9.17, 15) is 13.6 Å². The molecule has 9 nitrogen and oxygen atoms in total. The van der Waals surface area contributed by atoms with Crippen molar-refractivity contribution >= 4 is 5.69 Å². The third kappa shape index (κ3) is 4.81. The van der Waals surface area contributed by atoms with Crippen LogP contribution in [0.4, 0.5) is 14.5 Å². The molecule has 0 radical (unpaired) electrons. The topological polar surface area (TPSA) is 96.1 Å². The standard InChI is InChI=1S/C20H22F2N6O3/c1-27-19(29)17(23-7-12-8-25-28(10-12)20(21)22)6-18(26-27)31-11-13-5-15(13)16-4-3-14(30-2)9-24-16/h3-4,6,8-10,13,15,20,23H,5,7,11H2,1-2H3/t13?,15-/m0/s1. The molecule has 1 unspecified atom stereocenters. The largest absolute Gasteiger partial charge is 0.495 e. The van der Waals surface area contributed by atoms with E-state index in [1.807, 2.05) is 12.1 Å². The van der Waals surface area contributed by atoms with Crippen LogP contribution in [0.25, 0.3) is 0 Å². The van der Waals surface area contributed by atoms with E-state index >= 15 is 0 Å². The van der Waals surface area contributed by atoms with Crippen LogP contribution >= 0.6 is 0 Å². The SMILES string of the molecule is COc1ccc([C@H]2CC2COc2cc(NCc3cnn(C(F)F)c3)c(=O)n(C)n2)nc1. The zero-order valence-electron chi connectivity index (χ0n) is 17.0. The Morgan fingerprint density at radius 1 is 1.32 bits per heavy atom. The molecule has 0 bridgehead atoms. The highest BCUT2D eigenvalue weighted by molar-refractivity contribution is 5.43. The van der Waals surface area contributed by atoms with Crippen LogP contribution in [0, 0.1) is 5.92 Å². The van der Waals surface area contributed by atoms with Crippen LogP contribution in [0.3, 0.4) is 0 Å². The molecule has 3 aromatic heterocycles. The molecule has 3 heterocycles. The molecule has 3 aromatic rings. The molecule has 1 N–H and O–H groups in total. The van der Waals surface area contributed by atoms with Crippen molar-refractivity contribution in [3.8, 4) is 11.6 Å². The number of rotatable bonds is 9. The highest BCUT2D eigenvalue weighted by Gasteiger charge is 2.40. The van der Waals surface area contributed by atoms with Gasteiger partial charge in [0.1, 0.15) is 11.4 Å². The Labute approximate surface area is 176 Å². The Morgan fingerprint density at radius 2 is 2.16 bits per heavy atom. The van der Waals surface area contributed by atoms with Crippen molar-refractivity contribution in [1.29, 1.82) is 0 Å². The molecule has 0 spiro atoms. The van der Waals surface area contributed by atoms with Crippen molar-refractivity contribution in [3.63, 3.8) is 0 Å². The highest BCUT2D eigenvalue weighted by atomic mass is 19.3. The number of anilines is 1. The van der Waals surface area contributed by atoms with E-state index in [4.69, 9.17) is 9.47 Å². The minimum Gasteiger partial charge on any atom is -0.495 e. The molecule has 1 saturated carbocycles. The van der Waals surface area contributed by atoms with Crippen molar-refractivity contribution in [2.24, 2.45) is 13.0 Å². The lowest BCUT2D eigenvalue weighted by molar-refractivity contribution is 0.0565. The normalized spacial score (nSPS) is 17.6. The van der Waals surface area contributed by atoms with E-state index in [0.29, 0.717) is 40.3 Å². The van der Waals surface area contributed by atoms with Gasteiger partial charge in [0.15, 0.2) is 0 Å². The highest BCUT2D eigenvalue weighted by Crippen LogP contribution is 2.46. The average molecular weight is 432 g/mol. The lowest BCUT2D eigenvalue weighted by Crippen LogP contribution is -2.24. The number of pyridine rings is 1. The summed E-state index contributed by atoms with van der Waals surface area (Å²) < 4.78 is 37.9. The average Bonchev–Trinajstić information content (AvgIpc) is 3.39. The molecule has 11 heteroatoms. The third-order valence-corrected chi connectivity index (χ3v) is 5.12. The number of aryl methyl sites for hydroxylation is 1. The van der Waals surface area contributed by atoms with Crippen molar-refractivity contribution in [2.75, 3.05) is 19.0 Å². The molecule has 0 aromatic carbocycles. The Bertz CT molecular complexity index is 1100. The first-order chi connectivity index (χ1) is 14.9. The van der Waals surface area contributed by atoms with Gasteiger partial charge >= 0.3 is 6.55 Å². The second kappa shape index (κ2) is 8.70. The number of ether oxygens (including phenoxy) is 2. The smallest absolute Gasteiger partial charge is 0.333 e. The fourth-order valence-electron chi connectivity index (χ4n) is 3.27. The molecule has 2 atom stereocenters. The number of hydrogen-bond acceptors (Lipinski definition) is 7. The van der Waals surface area contributed by atoms with Gasteiger partial charge in [0.25, 0.3) is 5.56 Å². The van der Waals surface area contributed by atoms with Crippen LogP contribution in [0.1, 0.15) is 30.1 Å². The Morgan fingerprint density at radius 3 is 2.84 bits per heavy atom. The van der Waals surface area contributed by atoms with Crippen molar-refractivity contribution in [2.45, 2.75) is 25.4 Å². The molecule has 1 aliphatic rings. The van der Waals surface area contributed by atoms with Crippen LogP contribution < -0.4 is 20.3 Å². The maximum atomic E-state index is 12.6. The van der Waals surface area contributed by atoms with Crippen LogP contribution in [-0.4, -0.2) is 38.3 Å². The van der Waals surface area contributed by atoms with Gasteiger partial charge in [-0.05, 0) is 18.6 Å². The molecule has 164 valence electrons. The summed E-state index contributed by atoms with van der Waals surface area (Å²) in [6.45, 7) is -2.09. The predicted octanol–water partition coefficient (Wildman–Crippen LogP) is 2.57. The fourth-order valence-corrected chi connectivity index (χ4v) is 3.27. The van der Waals surface area contributed by atoms with Crippen LogP contribution in [0.15, 0.2) is 41.6 Å². The molecule has 31 heavy (non-hydrogen) atoms. The van der Waals surface area contributed by atoms with E-state index in [0.717, 1.165) is 12.1 Å². The predicted molar refractivity (Wildman–Crippen MR) is 107 cm³/mol. The van der Waals surface area contributed by atoms with E-state index < -0.39 is 6.55 Å². The minimum atomic E-state index is -2.71. The number of nitrogens with zero attached hydrogens (tertiary/aromatic N) is 5. The molecule has 1 aliphatic carbocycles. The summed E-state index contributed by atoms with van der Waals surface area (Å²) >= 11 is 0. The number of hydrogen-bond donors (Lipinski definition) is 1. The third-order valence-electron chi connectivity index (χ3n) is 5.12. The summed E-state index contributed by atoms with van der Waals surface area (Å²) in [6, 6.07) is 5.35. The fraction of sp³-hybridized carbons (Fsp3) is 0.400. The summed E-state index contributed by atoms with van der Waals surface area (Å²) in [6.07, 6.45) is 5.21. The van der Waals surface area contributed by atoms with E-state index in [2.05, 4.69) is 20.5 Å². The molecule has 0 aliphatic heterocycles. The van der Waals surface area contributed by atoms with Gasteiger partial charge in [-0.2, -0.15) is 13.9 Å². The molecular weight excluding hydrogens is 410 g/mol. The van der Waals surface area contributed by atoms with Crippen LogP contribution in [0.2, 0.25) is 0 Å². The zero-order chi connectivity index (χ0) is 22.0. The molecule has 0 amide bonds. The lowest BCUT2D eigenvalue weighted by Gasteiger charge is -2.10. The number of halogens is 2. The quantitative estimate of drug-likeness (QED) is 0.555. The van der Waals surface area contributed by atoms with Crippen molar-refractivity contribution in [1.82, 2.24) is 24.5 Å².